The molecule has 174 valence electrons. The fraction of sp³-hybridized carbons (Fsp3) is 1.00. The number of rotatable bonds is 13. The van der Waals surface area contributed by atoms with E-state index in [9.17, 15) is 9.13 Å². The Balaban J connectivity index is -0.000000656. The summed E-state index contributed by atoms with van der Waals surface area (Å²) in [7, 11) is -13.9. The van der Waals surface area contributed by atoms with Gasteiger partial charge in [-0.2, -0.15) is 0 Å². The van der Waals surface area contributed by atoms with Crippen LogP contribution in [0.15, 0.2) is 0 Å². The van der Waals surface area contributed by atoms with E-state index in [4.69, 9.17) is 48.3 Å². The smallest absolute Gasteiger partial charge is 0.325 e. The molecule has 0 bridgehead atoms. The second-order valence-corrected chi connectivity index (χ2v) is 10.6. The Kier molecular flexibility index (Phi) is 24.8. The minimum atomic E-state index is -3.81. The maximum atomic E-state index is 10.6. The van der Waals surface area contributed by atoms with Crippen molar-refractivity contribution in [2.45, 2.75) is 64.2 Å². The summed E-state index contributed by atoms with van der Waals surface area (Å²) >= 11 is 0. The SMILES string of the molecule is O=P(O)(O)CCCCCCCCCCCCP(=O)(O)O.O=[PH](O)O.O=[PH](O)O. The first kappa shape index (κ1) is 33.2. The lowest BCUT2D eigenvalue weighted by Crippen LogP contribution is -1.89. The molecule has 0 rings (SSSR count). The van der Waals surface area contributed by atoms with Crippen molar-refractivity contribution in [2.24, 2.45) is 0 Å². The van der Waals surface area contributed by atoms with E-state index >= 15 is 0 Å². The van der Waals surface area contributed by atoms with Gasteiger partial charge in [-0.1, -0.05) is 51.4 Å². The molecule has 0 aromatic rings. The van der Waals surface area contributed by atoms with Gasteiger partial charge in [0.05, 0.1) is 0 Å². The highest BCUT2D eigenvalue weighted by Gasteiger charge is 2.11. The molecule has 0 fully saturated rings. The average Bonchev–Trinajstić information content (AvgIpc) is 2.45. The van der Waals surface area contributed by atoms with Gasteiger partial charge in [0.1, 0.15) is 0 Å². The van der Waals surface area contributed by atoms with Crippen LogP contribution in [-0.4, -0.2) is 51.5 Å². The lowest BCUT2D eigenvalue weighted by molar-refractivity contribution is 0.368. The zero-order valence-corrected chi connectivity index (χ0v) is 19.4. The van der Waals surface area contributed by atoms with Gasteiger partial charge in [0.25, 0.3) is 0 Å². The predicted molar refractivity (Wildman–Crippen MR) is 107 cm³/mol. The molecule has 0 radical (unpaired) electrons. The molecule has 28 heavy (non-hydrogen) atoms. The summed E-state index contributed by atoms with van der Waals surface area (Å²) in [5, 5.41) is 0. The van der Waals surface area contributed by atoms with Gasteiger partial charge in [-0.15, -0.1) is 0 Å². The molecule has 0 aromatic heterocycles. The van der Waals surface area contributed by atoms with Crippen LogP contribution in [0, 0.1) is 0 Å². The van der Waals surface area contributed by atoms with Crippen molar-refractivity contribution in [3.05, 3.63) is 0 Å². The van der Waals surface area contributed by atoms with Crippen LogP contribution in [0.4, 0.5) is 0 Å². The van der Waals surface area contributed by atoms with Gasteiger partial charge >= 0.3 is 31.7 Å². The normalized spacial score (nSPS) is 11.6. The van der Waals surface area contributed by atoms with E-state index in [0.29, 0.717) is 12.8 Å². The van der Waals surface area contributed by atoms with Gasteiger partial charge in [0, 0.05) is 12.3 Å². The largest absolute Gasteiger partial charge is 0.326 e. The van der Waals surface area contributed by atoms with E-state index < -0.39 is 31.7 Å². The minimum absolute atomic E-state index is 0.00737. The van der Waals surface area contributed by atoms with Crippen LogP contribution < -0.4 is 0 Å². The van der Waals surface area contributed by atoms with Crippen molar-refractivity contribution in [2.75, 3.05) is 12.3 Å². The number of hydrogen-bond acceptors (Lipinski definition) is 4. The van der Waals surface area contributed by atoms with E-state index in [1.54, 1.807) is 0 Å². The minimum Gasteiger partial charge on any atom is -0.326 e. The monoisotopic (exact) mass is 494 g/mol. The molecule has 12 nitrogen and oxygen atoms in total. The molecule has 0 heterocycles. The standard InChI is InChI=1S/C12H28O6P2.2H3O3P/c13-19(14,15)11-9-7-5-3-1-2-4-6-8-10-12-20(16,17)18;2*1-4(2)3/h1-12H2,(H2,13,14,15)(H2,16,17,18);2*4H,(H2,1,2,3). The van der Waals surface area contributed by atoms with E-state index in [1.807, 2.05) is 0 Å². The third kappa shape index (κ3) is 56.3. The molecule has 16 heteroatoms. The van der Waals surface area contributed by atoms with Crippen LogP contribution in [0.5, 0.6) is 0 Å². The molecule has 0 aliphatic heterocycles. The van der Waals surface area contributed by atoms with E-state index in [2.05, 4.69) is 0 Å². The highest BCUT2D eigenvalue weighted by Crippen LogP contribution is 2.36. The highest BCUT2D eigenvalue weighted by molar-refractivity contribution is 7.52. The van der Waals surface area contributed by atoms with Crippen molar-refractivity contribution in [1.29, 1.82) is 0 Å². The topological polar surface area (TPSA) is 230 Å². The van der Waals surface area contributed by atoms with Crippen molar-refractivity contribution >= 4 is 31.7 Å². The van der Waals surface area contributed by atoms with Gasteiger partial charge in [0.15, 0.2) is 0 Å². The summed E-state index contributed by atoms with van der Waals surface area (Å²) in [6.45, 7) is 0. The van der Waals surface area contributed by atoms with E-state index in [0.717, 1.165) is 51.4 Å². The van der Waals surface area contributed by atoms with Crippen molar-refractivity contribution in [1.82, 2.24) is 0 Å². The third-order valence-corrected chi connectivity index (χ3v) is 4.95. The summed E-state index contributed by atoms with van der Waals surface area (Å²) in [6, 6.07) is 0. The van der Waals surface area contributed by atoms with E-state index in [-0.39, 0.29) is 12.3 Å². The quantitative estimate of drug-likeness (QED) is 0.136. The summed E-state index contributed by atoms with van der Waals surface area (Å²) in [6.07, 6.45) is 9.34. The van der Waals surface area contributed by atoms with Crippen molar-refractivity contribution in [3.63, 3.8) is 0 Å². The lowest BCUT2D eigenvalue weighted by atomic mass is 10.1. The molecule has 0 aliphatic rings. The van der Waals surface area contributed by atoms with Gasteiger partial charge in [-0.3, -0.25) is 18.3 Å². The van der Waals surface area contributed by atoms with Crippen LogP contribution in [0.25, 0.3) is 0 Å². The molecule has 0 aliphatic carbocycles. The Hall–Kier alpha value is 0.600. The molecule has 0 saturated heterocycles. The van der Waals surface area contributed by atoms with Gasteiger partial charge < -0.3 is 39.1 Å². The Morgan fingerprint density at radius 3 is 0.750 bits per heavy atom. The first-order valence-corrected chi connectivity index (χ1v) is 14.8. The zero-order chi connectivity index (χ0) is 22.6. The summed E-state index contributed by atoms with van der Waals surface area (Å²) < 4.78 is 38.7. The molecule has 0 unspecified atom stereocenters. The number of hydrogen-bond donors (Lipinski definition) is 8. The van der Waals surface area contributed by atoms with Crippen LogP contribution >= 0.6 is 31.7 Å². The lowest BCUT2D eigenvalue weighted by Gasteiger charge is -2.05. The molecule has 0 saturated carbocycles. The molecular formula is C12H34O12P4. The van der Waals surface area contributed by atoms with E-state index in [1.165, 1.54) is 0 Å². The summed E-state index contributed by atoms with van der Waals surface area (Å²) in [5.41, 5.74) is 0. The van der Waals surface area contributed by atoms with Crippen LogP contribution in [0.2, 0.25) is 0 Å². The van der Waals surface area contributed by atoms with Gasteiger partial charge in [0.2, 0.25) is 0 Å². The molecule has 0 spiro atoms. The van der Waals surface area contributed by atoms with Gasteiger partial charge in [-0.25, -0.2) is 0 Å². The van der Waals surface area contributed by atoms with Crippen LogP contribution in [0.1, 0.15) is 64.2 Å². The maximum absolute atomic E-state index is 10.6. The molecule has 0 aromatic carbocycles. The van der Waals surface area contributed by atoms with Crippen molar-refractivity contribution < 1.29 is 57.4 Å². The maximum Gasteiger partial charge on any atom is 0.325 e. The zero-order valence-electron chi connectivity index (χ0n) is 15.6. The van der Waals surface area contributed by atoms with Gasteiger partial charge in [-0.05, 0) is 12.8 Å². The Bertz CT molecular complexity index is 437. The first-order chi connectivity index (χ1) is 12.7. The Labute approximate surface area is 166 Å². The molecular weight excluding hydrogens is 460 g/mol. The Morgan fingerprint density at radius 1 is 0.464 bits per heavy atom. The third-order valence-electron chi connectivity index (χ3n) is 3.15. The fourth-order valence-electron chi connectivity index (χ4n) is 2.05. The highest BCUT2D eigenvalue weighted by atomic mass is 31.2. The molecule has 8 N–H and O–H groups in total. The molecule has 0 atom stereocenters. The first-order valence-electron chi connectivity index (χ1n) is 8.60. The molecule has 0 amide bonds. The average molecular weight is 494 g/mol. The van der Waals surface area contributed by atoms with Crippen LogP contribution in [-0.2, 0) is 18.3 Å². The fourth-order valence-corrected chi connectivity index (χ4v) is 3.32. The second kappa shape index (κ2) is 20.9. The van der Waals surface area contributed by atoms with Crippen LogP contribution in [0.3, 0.4) is 0 Å². The second-order valence-electron chi connectivity index (χ2n) is 5.88. The number of unbranched alkanes of at least 4 members (excludes halogenated alkanes) is 9. The summed E-state index contributed by atoms with van der Waals surface area (Å²) in [5.74, 6) is 0. The predicted octanol–water partition coefficient (Wildman–Crippen LogP) is 1.96. The Morgan fingerprint density at radius 2 is 0.607 bits per heavy atom. The summed E-state index contributed by atoms with van der Waals surface area (Å²) in [4.78, 5) is 63.3. The van der Waals surface area contributed by atoms with Crippen molar-refractivity contribution in [3.8, 4) is 0 Å².